The lowest BCUT2D eigenvalue weighted by atomic mass is 10.0. The van der Waals surface area contributed by atoms with Gasteiger partial charge in [-0.15, -0.1) is 0 Å². The fourth-order valence-corrected chi connectivity index (χ4v) is 3.08. The third kappa shape index (κ3) is 11.5. The SMILES string of the molecule is CCC(C)CN(CCN(CC(C)CC)CC(C)CC)CC(C)CC. The number of nitrogens with zero attached hydrogens (tertiary/aromatic N) is 2. The Morgan fingerprint density at radius 3 is 0.833 bits per heavy atom. The standard InChI is InChI=1S/C22H48N2/c1-9-19(5)15-23(16-20(6)10-2)13-14-24(17-21(7)11-3)18-22(8)12-4/h19-22H,9-18H2,1-8H3. The van der Waals surface area contributed by atoms with Crippen LogP contribution in [0.1, 0.15) is 81.1 Å². The highest BCUT2D eigenvalue weighted by atomic mass is 15.2. The summed E-state index contributed by atoms with van der Waals surface area (Å²) in [6.07, 6.45) is 5.17. The van der Waals surface area contributed by atoms with Crippen molar-refractivity contribution >= 4 is 0 Å². The van der Waals surface area contributed by atoms with Crippen LogP contribution in [0.3, 0.4) is 0 Å². The average Bonchev–Trinajstić information content (AvgIpc) is 2.58. The molecule has 0 bridgehead atoms. The van der Waals surface area contributed by atoms with E-state index < -0.39 is 0 Å². The summed E-state index contributed by atoms with van der Waals surface area (Å²) in [5, 5.41) is 0. The third-order valence-electron chi connectivity index (χ3n) is 5.80. The van der Waals surface area contributed by atoms with E-state index in [0.717, 1.165) is 23.7 Å². The average molecular weight is 341 g/mol. The normalized spacial score (nSPS) is 17.2. The molecule has 0 fully saturated rings. The van der Waals surface area contributed by atoms with Crippen LogP contribution in [-0.4, -0.2) is 49.1 Å². The lowest BCUT2D eigenvalue weighted by Crippen LogP contribution is -2.41. The molecular formula is C22H48N2. The van der Waals surface area contributed by atoms with Crippen molar-refractivity contribution in [2.24, 2.45) is 23.7 Å². The highest BCUT2D eigenvalue weighted by Gasteiger charge is 2.16. The van der Waals surface area contributed by atoms with Gasteiger partial charge in [-0.05, 0) is 23.7 Å². The largest absolute Gasteiger partial charge is 0.302 e. The van der Waals surface area contributed by atoms with E-state index in [9.17, 15) is 0 Å². The van der Waals surface area contributed by atoms with Crippen LogP contribution < -0.4 is 0 Å². The van der Waals surface area contributed by atoms with Crippen molar-refractivity contribution in [3.05, 3.63) is 0 Å². The first kappa shape index (κ1) is 23.9. The van der Waals surface area contributed by atoms with Crippen LogP contribution in [0.25, 0.3) is 0 Å². The van der Waals surface area contributed by atoms with E-state index in [0.29, 0.717) is 0 Å². The molecule has 2 heteroatoms. The molecule has 0 N–H and O–H groups in total. The topological polar surface area (TPSA) is 6.48 Å². The smallest absolute Gasteiger partial charge is 0.0110 e. The van der Waals surface area contributed by atoms with E-state index in [4.69, 9.17) is 0 Å². The van der Waals surface area contributed by atoms with Gasteiger partial charge in [0.1, 0.15) is 0 Å². The second-order valence-corrected chi connectivity index (χ2v) is 8.57. The zero-order valence-electron chi connectivity index (χ0n) is 18.3. The maximum Gasteiger partial charge on any atom is 0.0110 e. The molecular weight excluding hydrogens is 292 g/mol. The number of hydrogen-bond acceptors (Lipinski definition) is 2. The predicted octanol–water partition coefficient (Wildman–Crippen LogP) is 5.77. The minimum Gasteiger partial charge on any atom is -0.302 e. The second kappa shape index (κ2) is 14.1. The van der Waals surface area contributed by atoms with Gasteiger partial charge in [0.15, 0.2) is 0 Å². The van der Waals surface area contributed by atoms with Gasteiger partial charge in [-0.3, -0.25) is 0 Å². The Morgan fingerprint density at radius 1 is 0.458 bits per heavy atom. The minimum atomic E-state index is 0.812. The molecule has 4 unspecified atom stereocenters. The number of rotatable bonds is 15. The van der Waals surface area contributed by atoms with Gasteiger partial charge in [-0.1, -0.05) is 81.1 Å². The molecule has 146 valence electrons. The number of hydrogen-bond donors (Lipinski definition) is 0. The molecule has 2 nitrogen and oxygen atoms in total. The van der Waals surface area contributed by atoms with Gasteiger partial charge in [0.25, 0.3) is 0 Å². The van der Waals surface area contributed by atoms with Crippen molar-refractivity contribution in [2.45, 2.75) is 81.1 Å². The van der Waals surface area contributed by atoms with E-state index in [1.807, 2.05) is 0 Å². The molecule has 0 saturated heterocycles. The molecule has 4 atom stereocenters. The van der Waals surface area contributed by atoms with Gasteiger partial charge in [-0.2, -0.15) is 0 Å². The predicted molar refractivity (Wildman–Crippen MR) is 111 cm³/mol. The second-order valence-electron chi connectivity index (χ2n) is 8.57. The van der Waals surface area contributed by atoms with Crippen molar-refractivity contribution in [3.8, 4) is 0 Å². The summed E-state index contributed by atoms with van der Waals surface area (Å²) in [4.78, 5) is 5.48. The van der Waals surface area contributed by atoms with Gasteiger partial charge in [0.2, 0.25) is 0 Å². The summed E-state index contributed by atoms with van der Waals surface area (Å²) in [5.41, 5.74) is 0. The fourth-order valence-electron chi connectivity index (χ4n) is 3.08. The van der Waals surface area contributed by atoms with E-state index in [2.05, 4.69) is 65.2 Å². The van der Waals surface area contributed by atoms with E-state index in [-0.39, 0.29) is 0 Å². The molecule has 0 radical (unpaired) electrons. The van der Waals surface area contributed by atoms with E-state index in [1.165, 1.54) is 65.0 Å². The zero-order valence-corrected chi connectivity index (χ0v) is 18.3. The van der Waals surface area contributed by atoms with E-state index in [1.54, 1.807) is 0 Å². The van der Waals surface area contributed by atoms with Gasteiger partial charge in [0.05, 0.1) is 0 Å². The Hall–Kier alpha value is -0.0800. The quantitative estimate of drug-likeness (QED) is 0.373. The van der Waals surface area contributed by atoms with Gasteiger partial charge < -0.3 is 9.80 Å². The Morgan fingerprint density at radius 2 is 0.667 bits per heavy atom. The van der Waals surface area contributed by atoms with E-state index >= 15 is 0 Å². The third-order valence-corrected chi connectivity index (χ3v) is 5.80. The summed E-state index contributed by atoms with van der Waals surface area (Å²) >= 11 is 0. The maximum atomic E-state index is 2.74. The van der Waals surface area contributed by atoms with Crippen LogP contribution in [0.4, 0.5) is 0 Å². The van der Waals surface area contributed by atoms with Crippen molar-refractivity contribution in [3.63, 3.8) is 0 Å². The Labute approximate surface area is 154 Å². The van der Waals surface area contributed by atoms with Gasteiger partial charge in [0, 0.05) is 39.3 Å². The molecule has 0 aliphatic heterocycles. The summed E-state index contributed by atoms with van der Waals surface area (Å²) in [7, 11) is 0. The fraction of sp³-hybridized carbons (Fsp3) is 1.00. The van der Waals surface area contributed by atoms with Crippen molar-refractivity contribution in [1.82, 2.24) is 9.80 Å². The van der Waals surface area contributed by atoms with Crippen LogP contribution in [0, 0.1) is 23.7 Å². The molecule has 0 aromatic carbocycles. The minimum absolute atomic E-state index is 0.812. The van der Waals surface area contributed by atoms with Crippen LogP contribution >= 0.6 is 0 Å². The molecule has 0 aromatic rings. The van der Waals surface area contributed by atoms with Crippen LogP contribution in [0.2, 0.25) is 0 Å². The van der Waals surface area contributed by atoms with Gasteiger partial charge >= 0.3 is 0 Å². The monoisotopic (exact) mass is 340 g/mol. The van der Waals surface area contributed by atoms with Gasteiger partial charge in [-0.25, -0.2) is 0 Å². The van der Waals surface area contributed by atoms with Crippen molar-refractivity contribution < 1.29 is 0 Å². The molecule has 0 heterocycles. The molecule has 0 amide bonds. The molecule has 24 heavy (non-hydrogen) atoms. The highest BCUT2D eigenvalue weighted by molar-refractivity contribution is 4.71. The molecule has 0 saturated carbocycles. The summed E-state index contributed by atoms with van der Waals surface area (Å²) < 4.78 is 0. The summed E-state index contributed by atoms with van der Waals surface area (Å²) in [5.74, 6) is 3.25. The van der Waals surface area contributed by atoms with Crippen molar-refractivity contribution in [2.75, 3.05) is 39.3 Å². The lowest BCUT2D eigenvalue weighted by molar-refractivity contribution is 0.146. The molecule has 0 aliphatic carbocycles. The lowest BCUT2D eigenvalue weighted by Gasteiger charge is -2.33. The molecule has 0 aromatic heterocycles. The highest BCUT2D eigenvalue weighted by Crippen LogP contribution is 2.12. The molecule has 0 spiro atoms. The Balaban J connectivity index is 4.66. The van der Waals surface area contributed by atoms with Crippen LogP contribution in [-0.2, 0) is 0 Å². The van der Waals surface area contributed by atoms with Crippen LogP contribution in [0.5, 0.6) is 0 Å². The molecule has 0 aliphatic rings. The zero-order chi connectivity index (χ0) is 18.5. The Kier molecular flexibility index (Phi) is 14.1. The molecule has 0 rings (SSSR count). The first-order valence-electron chi connectivity index (χ1n) is 10.8. The van der Waals surface area contributed by atoms with Crippen molar-refractivity contribution in [1.29, 1.82) is 0 Å². The maximum absolute atomic E-state index is 2.74. The first-order valence-corrected chi connectivity index (χ1v) is 10.8. The van der Waals surface area contributed by atoms with Crippen LogP contribution in [0.15, 0.2) is 0 Å². The Bertz CT molecular complexity index is 227. The first-order chi connectivity index (χ1) is 11.4. The summed E-state index contributed by atoms with van der Waals surface area (Å²) in [6, 6.07) is 0. The summed E-state index contributed by atoms with van der Waals surface area (Å²) in [6.45, 7) is 26.4.